The highest BCUT2D eigenvalue weighted by atomic mass is 32.2. The fourth-order valence-corrected chi connectivity index (χ4v) is 2.06. The summed E-state index contributed by atoms with van der Waals surface area (Å²) in [5, 5.41) is 11.0. The number of halogens is 2. The Labute approximate surface area is 119 Å². The van der Waals surface area contributed by atoms with E-state index in [4.69, 9.17) is 5.11 Å². The molecule has 0 aliphatic carbocycles. The SMILES string of the molecule is CC(CNC(=O)c1ccc(S(=O)(=O)C(F)F)cc1)C(=O)O. The number of hydrogen-bond donors (Lipinski definition) is 2. The first-order valence-electron chi connectivity index (χ1n) is 5.79. The minimum absolute atomic E-state index is 0.0424. The van der Waals surface area contributed by atoms with Crippen LogP contribution in [0.2, 0.25) is 0 Å². The molecule has 0 spiro atoms. The number of sulfone groups is 1. The van der Waals surface area contributed by atoms with Gasteiger partial charge in [0.05, 0.1) is 10.8 Å². The molecule has 0 radical (unpaired) electrons. The second-order valence-corrected chi connectivity index (χ2v) is 6.20. The van der Waals surface area contributed by atoms with E-state index in [-0.39, 0.29) is 12.1 Å². The predicted octanol–water partition coefficient (Wildman–Crippen LogP) is 1.13. The summed E-state index contributed by atoms with van der Waals surface area (Å²) < 4.78 is 47.0. The summed E-state index contributed by atoms with van der Waals surface area (Å²) >= 11 is 0. The maximum absolute atomic E-state index is 12.3. The van der Waals surface area contributed by atoms with Crippen molar-refractivity contribution in [1.29, 1.82) is 0 Å². The van der Waals surface area contributed by atoms with Crippen molar-refractivity contribution >= 4 is 21.7 Å². The molecule has 0 heterocycles. The average Bonchev–Trinajstić information content (AvgIpc) is 2.44. The van der Waals surface area contributed by atoms with Crippen molar-refractivity contribution < 1.29 is 31.9 Å². The summed E-state index contributed by atoms with van der Waals surface area (Å²) in [6.45, 7) is 1.30. The number of hydrogen-bond acceptors (Lipinski definition) is 4. The van der Waals surface area contributed by atoms with E-state index in [0.717, 1.165) is 24.3 Å². The molecule has 21 heavy (non-hydrogen) atoms. The van der Waals surface area contributed by atoms with E-state index < -0.39 is 38.3 Å². The largest absolute Gasteiger partial charge is 0.481 e. The van der Waals surface area contributed by atoms with Crippen molar-refractivity contribution in [2.24, 2.45) is 5.92 Å². The van der Waals surface area contributed by atoms with Gasteiger partial charge in [0.2, 0.25) is 9.84 Å². The molecule has 116 valence electrons. The number of alkyl halides is 2. The molecular weight excluding hydrogens is 308 g/mol. The first kappa shape index (κ1) is 17.0. The molecule has 0 saturated carbocycles. The summed E-state index contributed by atoms with van der Waals surface area (Å²) in [6.07, 6.45) is 0. The number of benzene rings is 1. The van der Waals surface area contributed by atoms with Gasteiger partial charge in [-0.2, -0.15) is 8.78 Å². The fourth-order valence-electron chi connectivity index (χ4n) is 1.33. The van der Waals surface area contributed by atoms with Crippen LogP contribution >= 0.6 is 0 Å². The van der Waals surface area contributed by atoms with Gasteiger partial charge in [0.15, 0.2) is 0 Å². The van der Waals surface area contributed by atoms with Crippen molar-refractivity contribution in [3.63, 3.8) is 0 Å². The Morgan fingerprint density at radius 2 is 1.76 bits per heavy atom. The van der Waals surface area contributed by atoms with Gasteiger partial charge < -0.3 is 10.4 Å². The second-order valence-electron chi connectivity index (χ2n) is 4.28. The molecule has 1 aromatic carbocycles. The van der Waals surface area contributed by atoms with Gasteiger partial charge in [-0.3, -0.25) is 9.59 Å². The van der Waals surface area contributed by atoms with Crippen molar-refractivity contribution in [3.05, 3.63) is 29.8 Å². The number of nitrogens with one attached hydrogen (secondary N) is 1. The Bertz CT molecular complexity index is 628. The number of rotatable bonds is 6. The van der Waals surface area contributed by atoms with Gasteiger partial charge in [-0.25, -0.2) is 8.42 Å². The van der Waals surface area contributed by atoms with Gasteiger partial charge in [0.1, 0.15) is 0 Å². The molecule has 2 N–H and O–H groups in total. The van der Waals surface area contributed by atoms with E-state index >= 15 is 0 Å². The lowest BCUT2D eigenvalue weighted by atomic mass is 10.1. The van der Waals surface area contributed by atoms with Crippen LogP contribution in [0.1, 0.15) is 17.3 Å². The minimum Gasteiger partial charge on any atom is -0.481 e. The molecule has 1 aromatic rings. The smallest absolute Gasteiger partial charge is 0.341 e. The van der Waals surface area contributed by atoms with E-state index in [1.165, 1.54) is 6.92 Å². The Kier molecular flexibility index (Phi) is 5.36. The molecule has 9 heteroatoms. The molecule has 6 nitrogen and oxygen atoms in total. The third kappa shape index (κ3) is 4.22. The number of amides is 1. The topological polar surface area (TPSA) is 101 Å². The van der Waals surface area contributed by atoms with Crippen LogP contribution in [0.15, 0.2) is 29.2 Å². The molecular formula is C12H13F2NO5S. The third-order valence-corrected chi connectivity index (χ3v) is 4.07. The van der Waals surface area contributed by atoms with Crippen LogP contribution in [-0.2, 0) is 14.6 Å². The quantitative estimate of drug-likeness (QED) is 0.818. The molecule has 0 saturated heterocycles. The van der Waals surface area contributed by atoms with Crippen LogP contribution in [-0.4, -0.2) is 37.7 Å². The highest BCUT2D eigenvalue weighted by Crippen LogP contribution is 2.18. The zero-order valence-electron chi connectivity index (χ0n) is 10.9. The Hall–Kier alpha value is -2.03. The van der Waals surface area contributed by atoms with Gasteiger partial charge in [0.25, 0.3) is 5.91 Å². The molecule has 1 unspecified atom stereocenters. The molecule has 1 rings (SSSR count). The van der Waals surface area contributed by atoms with Crippen molar-refractivity contribution in [2.75, 3.05) is 6.54 Å². The summed E-state index contributed by atoms with van der Waals surface area (Å²) in [5.74, 6) is -6.02. The standard InChI is InChI=1S/C12H13F2NO5S/c1-7(11(17)18)6-15-10(16)8-2-4-9(5-3-8)21(19,20)12(13)14/h2-5,7,12H,6H2,1H3,(H,15,16)(H,17,18). The summed E-state index contributed by atoms with van der Waals surface area (Å²) in [7, 11) is -4.70. The highest BCUT2D eigenvalue weighted by molar-refractivity contribution is 7.91. The predicted molar refractivity (Wildman–Crippen MR) is 68.8 cm³/mol. The zero-order chi connectivity index (χ0) is 16.2. The summed E-state index contributed by atoms with van der Waals surface area (Å²) in [5.41, 5.74) is 0.0424. The van der Waals surface area contributed by atoms with Crippen molar-refractivity contribution in [1.82, 2.24) is 5.32 Å². The maximum atomic E-state index is 12.3. The number of aliphatic carboxylic acids is 1. The highest BCUT2D eigenvalue weighted by Gasteiger charge is 2.26. The van der Waals surface area contributed by atoms with Crippen molar-refractivity contribution in [3.8, 4) is 0 Å². The Morgan fingerprint density at radius 1 is 1.24 bits per heavy atom. The van der Waals surface area contributed by atoms with Crippen LogP contribution in [0, 0.1) is 5.92 Å². The number of carbonyl (C=O) groups excluding carboxylic acids is 1. The van der Waals surface area contributed by atoms with E-state index in [9.17, 15) is 26.8 Å². The van der Waals surface area contributed by atoms with Gasteiger partial charge >= 0.3 is 11.7 Å². The Morgan fingerprint density at radius 3 is 2.19 bits per heavy atom. The van der Waals surface area contributed by atoms with Crippen LogP contribution < -0.4 is 5.32 Å². The number of carboxylic acids is 1. The van der Waals surface area contributed by atoms with E-state index in [1.807, 2.05) is 0 Å². The lowest BCUT2D eigenvalue weighted by Gasteiger charge is -2.09. The lowest BCUT2D eigenvalue weighted by molar-refractivity contribution is -0.140. The second kappa shape index (κ2) is 6.61. The molecule has 0 bridgehead atoms. The fraction of sp³-hybridized carbons (Fsp3) is 0.333. The van der Waals surface area contributed by atoms with E-state index in [2.05, 4.69) is 5.32 Å². The maximum Gasteiger partial charge on any atom is 0.341 e. The lowest BCUT2D eigenvalue weighted by Crippen LogP contribution is -2.31. The molecule has 1 atom stereocenters. The van der Waals surface area contributed by atoms with Crippen LogP contribution in [0.4, 0.5) is 8.78 Å². The molecule has 0 aromatic heterocycles. The first-order chi connectivity index (χ1) is 9.66. The third-order valence-electron chi connectivity index (χ3n) is 2.67. The summed E-state index contributed by atoms with van der Waals surface area (Å²) in [4.78, 5) is 21.7. The van der Waals surface area contributed by atoms with Gasteiger partial charge in [-0.15, -0.1) is 0 Å². The molecule has 0 fully saturated rings. The van der Waals surface area contributed by atoms with Gasteiger partial charge in [-0.1, -0.05) is 6.92 Å². The Balaban J connectivity index is 2.79. The number of carbonyl (C=O) groups is 2. The average molecular weight is 321 g/mol. The van der Waals surface area contributed by atoms with Crippen LogP contribution in [0.25, 0.3) is 0 Å². The number of carboxylic acid groups (broad SMARTS) is 1. The minimum atomic E-state index is -4.70. The van der Waals surface area contributed by atoms with E-state index in [1.54, 1.807) is 0 Å². The zero-order valence-corrected chi connectivity index (χ0v) is 11.7. The summed E-state index contributed by atoms with van der Waals surface area (Å²) in [6, 6.07) is 3.96. The van der Waals surface area contributed by atoms with Crippen molar-refractivity contribution in [2.45, 2.75) is 17.6 Å². The molecule has 0 aliphatic rings. The normalized spacial score (nSPS) is 13.0. The van der Waals surface area contributed by atoms with Gasteiger partial charge in [-0.05, 0) is 24.3 Å². The van der Waals surface area contributed by atoms with Crippen LogP contribution in [0.5, 0.6) is 0 Å². The van der Waals surface area contributed by atoms with E-state index in [0.29, 0.717) is 0 Å². The monoisotopic (exact) mass is 321 g/mol. The first-order valence-corrected chi connectivity index (χ1v) is 7.34. The van der Waals surface area contributed by atoms with Crippen LogP contribution in [0.3, 0.4) is 0 Å². The molecule has 1 amide bonds. The van der Waals surface area contributed by atoms with Gasteiger partial charge in [0, 0.05) is 12.1 Å². The molecule has 0 aliphatic heterocycles.